The summed E-state index contributed by atoms with van der Waals surface area (Å²) in [5, 5.41) is 31.1. The normalized spacial score (nSPS) is 10.1. The first-order valence-electron chi connectivity index (χ1n) is 8.99. The summed E-state index contributed by atoms with van der Waals surface area (Å²) in [6.45, 7) is 2.30. The molecule has 29 heavy (non-hydrogen) atoms. The van der Waals surface area contributed by atoms with Crippen molar-refractivity contribution in [2.75, 3.05) is 42.2 Å². The molecule has 0 aliphatic carbocycles. The van der Waals surface area contributed by atoms with E-state index in [1.165, 1.54) is 18.2 Å². The van der Waals surface area contributed by atoms with E-state index < -0.39 is 10.8 Å². The number of amides is 2. The van der Waals surface area contributed by atoms with Crippen LogP contribution in [0, 0.1) is 10.1 Å². The summed E-state index contributed by atoms with van der Waals surface area (Å²) in [4.78, 5) is 34.6. The van der Waals surface area contributed by atoms with Gasteiger partial charge >= 0.3 is 0 Å². The van der Waals surface area contributed by atoms with Gasteiger partial charge in [0.1, 0.15) is 0 Å². The van der Waals surface area contributed by atoms with Crippen LogP contribution in [0.1, 0.15) is 17.3 Å². The minimum Gasteiger partial charge on any atom is -0.395 e. The number of benzene rings is 2. The van der Waals surface area contributed by atoms with Crippen LogP contribution >= 0.6 is 0 Å². The predicted octanol–water partition coefficient (Wildman–Crippen LogP) is 1.80. The van der Waals surface area contributed by atoms with Crippen LogP contribution in [0.5, 0.6) is 0 Å². The largest absolute Gasteiger partial charge is 0.395 e. The number of aliphatic hydroxyl groups excluding tert-OH is 1. The van der Waals surface area contributed by atoms with Crippen molar-refractivity contribution < 1.29 is 19.6 Å². The first kappa shape index (κ1) is 21.6. The summed E-state index contributed by atoms with van der Waals surface area (Å²) in [5.41, 5.74) is 1.64. The standard InChI is InChI=1S/C19H23N5O5/c1-2-20-19(27)13-4-3-5-14(10-13)23-18(26)12-22-17-11-15(24(28)29)6-7-16(17)21-8-9-25/h3-7,10-11,21-22,25H,2,8-9,12H2,1H3,(H,20,27)(H,23,26). The fourth-order valence-electron chi connectivity index (χ4n) is 2.52. The monoisotopic (exact) mass is 401 g/mol. The highest BCUT2D eigenvalue weighted by Crippen LogP contribution is 2.26. The van der Waals surface area contributed by atoms with Gasteiger partial charge in [0, 0.05) is 36.5 Å². The van der Waals surface area contributed by atoms with E-state index in [2.05, 4.69) is 21.3 Å². The Hall–Kier alpha value is -3.66. The molecule has 10 nitrogen and oxygen atoms in total. The third-order valence-corrected chi connectivity index (χ3v) is 3.83. The summed E-state index contributed by atoms with van der Waals surface area (Å²) >= 11 is 0. The van der Waals surface area contributed by atoms with Gasteiger partial charge in [-0.3, -0.25) is 19.7 Å². The van der Waals surface area contributed by atoms with E-state index in [-0.39, 0.29) is 31.3 Å². The highest BCUT2D eigenvalue weighted by Gasteiger charge is 2.12. The second-order valence-corrected chi connectivity index (χ2v) is 5.98. The Labute approximate surface area is 167 Å². The molecule has 0 fully saturated rings. The van der Waals surface area contributed by atoms with Crippen LogP contribution in [0.15, 0.2) is 42.5 Å². The number of nitro groups is 1. The number of carbonyl (C=O) groups is 2. The van der Waals surface area contributed by atoms with Gasteiger partial charge in [-0.1, -0.05) is 6.07 Å². The van der Waals surface area contributed by atoms with Crippen molar-refractivity contribution in [2.24, 2.45) is 0 Å². The van der Waals surface area contributed by atoms with E-state index in [1.807, 2.05) is 6.92 Å². The second kappa shape index (κ2) is 10.6. The lowest BCUT2D eigenvalue weighted by Crippen LogP contribution is -2.24. The molecule has 0 unspecified atom stereocenters. The molecule has 0 heterocycles. The van der Waals surface area contributed by atoms with Crippen LogP contribution in [0.25, 0.3) is 0 Å². The second-order valence-electron chi connectivity index (χ2n) is 5.98. The minimum atomic E-state index is -0.534. The molecule has 0 saturated carbocycles. The Bertz CT molecular complexity index is 887. The predicted molar refractivity (Wildman–Crippen MR) is 110 cm³/mol. The van der Waals surface area contributed by atoms with Gasteiger partial charge in [0.2, 0.25) is 5.91 Å². The lowest BCUT2D eigenvalue weighted by Gasteiger charge is -2.13. The zero-order valence-corrected chi connectivity index (χ0v) is 15.9. The summed E-state index contributed by atoms with van der Waals surface area (Å²) < 4.78 is 0. The summed E-state index contributed by atoms with van der Waals surface area (Å²) in [6.07, 6.45) is 0. The molecule has 0 aliphatic rings. The third kappa shape index (κ3) is 6.47. The lowest BCUT2D eigenvalue weighted by molar-refractivity contribution is -0.384. The fourth-order valence-corrected chi connectivity index (χ4v) is 2.52. The van der Waals surface area contributed by atoms with E-state index in [9.17, 15) is 19.7 Å². The van der Waals surface area contributed by atoms with Crippen LogP contribution in [-0.4, -0.2) is 48.1 Å². The van der Waals surface area contributed by atoms with E-state index >= 15 is 0 Å². The Morgan fingerprint density at radius 3 is 2.59 bits per heavy atom. The molecule has 2 aromatic carbocycles. The molecule has 10 heteroatoms. The molecule has 0 spiro atoms. The Balaban J connectivity index is 2.05. The highest BCUT2D eigenvalue weighted by atomic mass is 16.6. The molecule has 2 amide bonds. The average Bonchev–Trinajstić information content (AvgIpc) is 2.71. The molecular weight excluding hydrogens is 378 g/mol. The van der Waals surface area contributed by atoms with Gasteiger partial charge in [-0.2, -0.15) is 0 Å². The topological polar surface area (TPSA) is 146 Å². The van der Waals surface area contributed by atoms with Gasteiger partial charge in [-0.05, 0) is 31.2 Å². The van der Waals surface area contributed by atoms with Gasteiger partial charge in [-0.15, -0.1) is 0 Å². The van der Waals surface area contributed by atoms with Crippen LogP contribution in [0.3, 0.4) is 0 Å². The number of aliphatic hydroxyl groups is 1. The number of nitro benzene ring substituents is 1. The van der Waals surface area contributed by atoms with Gasteiger partial charge in [-0.25, -0.2) is 0 Å². The van der Waals surface area contributed by atoms with Crippen molar-refractivity contribution in [1.82, 2.24) is 5.32 Å². The first-order chi connectivity index (χ1) is 13.9. The number of nitrogens with zero attached hydrogens (tertiary/aromatic N) is 1. The maximum atomic E-state index is 12.3. The number of rotatable bonds is 10. The molecule has 0 aromatic heterocycles. The number of non-ortho nitro benzene ring substituents is 1. The maximum Gasteiger partial charge on any atom is 0.271 e. The number of hydrogen-bond acceptors (Lipinski definition) is 7. The molecule has 2 aromatic rings. The van der Waals surface area contributed by atoms with E-state index in [0.717, 1.165) is 0 Å². The molecule has 154 valence electrons. The van der Waals surface area contributed by atoms with Crippen molar-refractivity contribution in [1.29, 1.82) is 0 Å². The van der Waals surface area contributed by atoms with Crippen molar-refractivity contribution in [3.63, 3.8) is 0 Å². The van der Waals surface area contributed by atoms with Crippen LogP contribution in [0.2, 0.25) is 0 Å². The highest BCUT2D eigenvalue weighted by molar-refractivity contribution is 5.98. The van der Waals surface area contributed by atoms with Crippen molar-refractivity contribution in [3.05, 3.63) is 58.1 Å². The summed E-state index contributed by atoms with van der Waals surface area (Å²) in [6, 6.07) is 10.7. The molecule has 5 N–H and O–H groups in total. The van der Waals surface area contributed by atoms with E-state index in [4.69, 9.17) is 5.11 Å². The van der Waals surface area contributed by atoms with Crippen molar-refractivity contribution in [3.8, 4) is 0 Å². The molecule has 0 radical (unpaired) electrons. The van der Waals surface area contributed by atoms with Crippen LogP contribution in [-0.2, 0) is 4.79 Å². The Morgan fingerprint density at radius 2 is 1.90 bits per heavy atom. The Morgan fingerprint density at radius 1 is 1.10 bits per heavy atom. The van der Waals surface area contributed by atoms with Crippen molar-refractivity contribution >= 4 is 34.6 Å². The molecule has 0 saturated heterocycles. The van der Waals surface area contributed by atoms with Gasteiger partial charge in [0.15, 0.2) is 0 Å². The van der Waals surface area contributed by atoms with E-state index in [1.54, 1.807) is 24.3 Å². The SMILES string of the molecule is CCNC(=O)c1cccc(NC(=O)CNc2cc([N+](=O)[O-])ccc2NCCO)c1. The molecule has 2 rings (SSSR count). The molecule has 0 atom stereocenters. The first-order valence-corrected chi connectivity index (χ1v) is 8.99. The number of hydrogen-bond donors (Lipinski definition) is 5. The van der Waals surface area contributed by atoms with E-state index in [0.29, 0.717) is 29.2 Å². The average molecular weight is 401 g/mol. The van der Waals surface area contributed by atoms with Crippen LogP contribution < -0.4 is 21.3 Å². The van der Waals surface area contributed by atoms with Gasteiger partial charge < -0.3 is 26.4 Å². The zero-order valence-electron chi connectivity index (χ0n) is 15.9. The molecule has 0 bridgehead atoms. The number of carbonyl (C=O) groups excluding carboxylic acids is 2. The number of nitrogens with one attached hydrogen (secondary N) is 4. The summed E-state index contributed by atoms with van der Waals surface area (Å²) in [5.74, 6) is -0.629. The van der Waals surface area contributed by atoms with Gasteiger partial charge in [0.25, 0.3) is 11.6 Å². The zero-order chi connectivity index (χ0) is 21.2. The fraction of sp³-hybridized carbons (Fsp3) is 0.263. The third-order valence-electron chi connectivity index (χ3n) is 3.83. The smallest absolute Gasteiger partial charge is 0.271 e. The number of anilines is 3. The van der Waals surface area contributed by atoms with Crippen LogP contribution in [0.4, 0.5) is 22.7 Å². The minimum absolute atomic E-state index is 0.112. The Kier molecular flexibility index (Phi) is 7.92. The lowest BCUT2D eigenvalue weighted by atomic mass is 10.2. The van der Waals surface area contributed by atoms with Gasteiger partial charge in [0.05, 0.1) is 29.4 Å². The molecular formula is C19H23N5O5. The van der Waals surface area contributed by atoms with Crippen molar-refractivity contribution in [2.45, 2.75) is 6.92 Å². The maximum absolute atomic E-state index is 12.3. The summed E-state index contributed by atoms with van der Waals surface area (Å²) in [7, 11) is 0. The quantitative estimate of drug-likeness (QED) is 0.301. The molecule has 0 aliphatic heterocycles.